The number of fused-ring (bicyclic) bond motifs is 1. The van der Waals surface area contributed by atoms with Gasteiger partial charge in [0.05, 0.1) is 18.3 Å². The molecule has 14 heavy (non-hydrogen) atoms. The molecule has 72 valence electrons. The molecule has 4 N–H and O–H groups in total. The highest BCUT2D eigenvalue weighted by Crippen LogP contribution is 2.28. The van der Waals surface area contributed by atoms with Crippen LogP contribution in [0.4, 0.5) is 11.5 Å². The van der Waals surface area contributed by atoms with Crippen LogP contribution < -0.4 is 16.2 Å². The van der Waals surface area contributed by atoms with Crippen LogP contribution >= 0.6 is 0 Å². The predicted molar refractivity (Wildman–Crippen MR) is 54.9 cm³/mol. The molecule has 0 radical (unpaired) electrons. The molecular formula is C9H10N4O. The van der Waals surface area contributed by atoms with E-state index in [9.17, 15) is 0 Å². The van der Waals surface area contributed by atoms with Crippen molar-refractivity contribution in [3.05, 3.63) is 18.5 Å². The summed E-state index contributed by atoms with van der Waals surface area (Å²) in [7, 11) is 1.56. The third kappa shape index (κ3) is 1.19. The Morgan fingerprint density at radius 1 is 1.21 bits per heavy atom. The van der Waals surface area contributed by atoms with Crippen molar-refractivity contribution in [1.29, 1.82) is 0 Å². The number of nitrogens with two attached hydrogens (primary N) is 2. The zero-order valence-electron chi connectivity index (χ0n) is 7.69. The number of hydrogen-bond donors (Lipinski definition) is 2. The monoisotopic (exact) mass is 190 g/mol. The molecule has 5 heteroatoms. The average Bonchev–Trinajstić information content (AvgIpc) is 2.19. The van der Waals surface area contributed by atoms with E-state index < -0.39 is 0 Å². The van der Waals surface area contributed by atoms with Gasteiger partial charge in [-0.1, -0.05) is 0 Å². The lowest BCUT2D eigenvalue weighted by atomic mass is 10.2. The van der Waals surface area contributed by atoms with Crippen LogP contribution in [0.25, 0.3) is 10.9 Å². The van der Waals surface area contributed by atoms with Gasteiger partial charge in [-0.15, -0.1) is 0 Å². The summed E-state index contributed by atoms with van der Waals surface area (Å²) in [5, 5.41) is 0.741. The van der Waals surface area contributed by atoms with E-state index in [4.69, 9.17) is 16.2 Å². The lowest BCUT2D eigenvalue weighted by Gasteiger charge is -2.06. The highest BCUT2D eigenvalue weighted by Gasteiger charge is 2.05. The molecule has 0 aliphatic heterocycles. The lowest BCUT2D eigenvalue weighted by molar-refractivity contribution is 0.417. The Balaban J connectivity index is 2.79. The maximum atomic E-state index is 5.73. The molecule has 0 atom stereocenters. The smallest absolute Gasteiger partial charge is 0.143 e. The fraction of sp³-hybridized carbons (Fsp3) is 0.111. The van der Waals surface area contributed by atoms with Gasteiger partial charge < -0.3 is 16.2 Å². The first-order valence-corrected chi connectivity index (χ1v) is 4.06. The number of nitrogens with zero attached hydrogens (tertiary/aromatic N) is 2. The van der Waals surface area contributed by atoms with E-state index in [2.05, 4.69) is 9.97 Å². The van der Waals surface area contributed by atoms with Crippen molar-refractivity contribution in [2.75, 3.05) is 18.6 Å². The van der Waals surface area contributed by atoms with Gasteiger partial charge in [0, 0.05) is 11.5 Å². The average molecular weight is 190 g/mol. The topological polar surface area (TPSA) is 87.0 Å². The van der Waals surface area contributed by atoms with Gasteiger partial charge in [-0.3, -0.25) is 0 Å². The fourth-order valence-electron chi connectivity index (χ4n) is 1.30. The minimum Gasteiger partial charge on any atom is -0.495 e. The van der Waals surface area contributed by atoms with Gasteiger partial charge in [0.2, 0.25) is 0 Å². The van der Waals surface area contributed by atoms with Crippen LogP contribution in [0, 0.1) is 0 Å². The molecule has 0 aliphatic carbocycles. The first-order valence-electron chi connectivity index (χ1n) is 4.06. The Kier molecular flexibility index (Phi) is 1.85. The molecule has 1 heterocycles. The van der Waals surface area contributed by atoms with Gasteiger partial charge in [-0.05, 0) is 6.07 Å². The molecular weight excluding hydrogens is 180 g/mol. The Bertz CT molecular complexity index is 483. The summed E-state index contributed by atoms with van der Waals surface area (Å²) in [5.41, 5.74) is 12.7. The van der Waals surface area contributed by atoms with Gasteiger partial charge in [0.15, 0.2) is 0 Å². The third-order valence-corrected chi connectivity index (χ3v) is 2.02. The molecule has 0 fully saturated rings. The summed E-state index contributed by atoms with van der Waals surface area (Å²) in [6.07, 6.45) is 1.41. The van der Waals surface area contributed by atoms with E-state index in [0.717, 1.165) is 10.9 Å². The Hall–Kier alpha value is -2.04. The van der Waals surface area contributed by atoms with Gasteiger partial charge in [-0.25, -0.2) is 9.97 Å². The van der Waals surface area contributed by atoms with E-state index in [1.54, 1.807) is 19.2 Å². The van der Waals surface area contributed by atoms with Crippen LogP contribution in [0.15, 0.2) is 18.5 Å². The summed E-state index contributed by atoms with van der Waals surface area (Å²) in [4.78, 5) is 7.94. The van der Waals surface area contributed by atoms with Gasteiger partial charge in [0.25, 0.3) is 0 Å². The second-order valence-corrected chi connectivity index (χ2v) is 2.87. The van der Waals surface area contributed by atoms with Gasteiger partial charge in [0.1, 0.15) is 17.9 Å². The number of hydrogen-bond acceptors (Lipinski definition) is 5. The minimum absolute atomic E-state index is 0.421. The number of nitrogen functional groups attached to an aromatic ring is 2. The largest absolute Gasteiger partial charge is 0.495 e. The van der Waals surface area contributed by atoms with Crippen molar-refractivity contribution in [2.24, 2.45) is 0 Å². The normalized spacial score (nSPS) is 10.4. The highest BCUT2D eigenvalue weighted by molar-refractivity contribution is 5.92. The zero-order valence-corrected chi connectivity index (χ0v) is 7.69. The molecule has 0 bridgehead atoms. The number of anilines is 2. The number of methoxy groups -OCH3 is 1. The van der Waals surface area contributed by atoms with Crippen LogP contribution in [-0.4, -0.2) is 17.1 Å². The molecule has 0 saturated carbocycles. The molecule has 1 aromatic carbocycles. The summed E-state index contributed by atoms with van der Waals surface area (Å²) in [6.45, 7) is 0. The second-order valence-electron chi connectivity index (χ2n) is 2.87. The molecule has 5 nitrogen and oxygen atoms in total. The van der Waals surface area contributed by atoms with E-state index in [1.165, 1.54) is 6.33 Å². The molecule has 0 amide bonds. The first kappa shape index (κ1) is 8.55. The predicted octanol–water partition coefficient (Wildman–Crippen LogP) is 0.803. The summed E-state index contributed by atoms with van der Waals surface area (Å²) in [5.74, 6) is 1.01. The molecule has 0 unspecified atom stereocenters. The van der Waals surface area contributed by atoms with Crippen LogP contribution in [0.3, 0.4) is 0 Å². The number of aromatic nitrogens is 2. The van der Waals surface area contributed by atoms with Crippen LogP contribution in [0.2, 0.25) is 0 Å². The van der Waals surface area contributed by atoms with Crippen molar-refractivity contribution in [3.63, 3.8) is 0 Å². The Morgan fingerprint density at radius 3 is 2.71 bits per heavy atom. The third-order valence-electron chi connectivity index (χ3n) is 2.02. The highest BCUT2D eigenvalue weighted by atomic mass is 16.5. The summed E-state index contributed by atoms with van der Waals surface area (Å²) < 4.78 is 5.07. The first-order chi connectivity index (χ1) is 6.72. The zero-order chi connectivity index (χ0) is 10.1. The van der Waals surface area contributed by atoms with E-state index in [0.29, 0.717) is 17.3 Å². The van der Waals surface area contributed by atoms with Crippen LogP contribution in [0.1, 0.15) is 0 Å². The summed E-state index contributed by atoms with van der Waals surface area (Å²) in [6, 6.07) is 3.45. The minimum atomic E-state index is 0.421. The molecule has 0 aliphatic rings. The van der Waals surface area contributed by atoms with Crippen LogP contribution in [0.5, 0.6) is 5.75 Å². The number of rotatable bonds is 1. The Labute approximate surface area is 80.7 Å². The number of ether oxygens (including phenoxy) is 1. The van der Waals surface area contributed by atoms with Crippen molar-refractivity contribution in [1.82, 2.24) is 9.97 Å². The van der Waals surface area contributed by atoms with Crippen molar-refractivity contribution < 1.29 is 4.74 Å². The molecule has 1 aromatic heterocycles. The van der Waals surface area contributed by atoms with Crippen LogP contribution in [-0.2, 0) is 0 Å². The lowest BCUT2D eigenvalue weighted by Crippen LogP contribution is -1.97. The molecule has 0 spiro atoms. The summed E-state index contributed by atoms with van der Waals surface area (Å²) >= 11 is 0. The molecule has 2 aromatic rings. The van der Waals surface area contributed by atoms with Gasteiger partial charge >= 0.3 is 0 Å². The quantitative estimate of drug-likeness (QED) is 0.649. The van der Waals surface area contributed by atoms with Crippen molar-refractivity contribution in [3.8, 4) is 5.75 Å². The van der Waals surface area contributed by atoms with Gasteiger partial charge in [-0.2, -0.15) is 0 Å². The van der Waals surface area contributed by atoms with E-state index in [-0.39, 0.29) is 0 Å². The number of benzene rings is 1. The fourth-order valence-corrected chi connectivity index (χ4v) is 1.30. The van der Waals surface area contributed by atoms with Crippen molar-refractivity contribution in [2.45, 2.75) is 0 Å². The van der Waals surface area contributed by atoms with Crippen molar-refractivity contribution >= 4 is 22.4 Å². The molecule has 2 rings (SSSR count). The van der Waals surface area contributed by atoms with E-state index in [1.807, 2.05) is 0 Å². The maximum absolute atomic E-state index is 5.73. The SMILES string of the molecule is COc1cc2ncnc(N)c2cc1N. The second kappa shape index (κ2) is 3.02. The standard InChI is InChI=1S/C9H10N4O/c1-14-8-3-7-5(2-6(8)10)9(11)13-4-12-7/h2-4H,10H2,1H3,(H2,11,12,13). The molecule has 0 saturated heterocycles. The maximum Gasteiger partial charge on any atom is 0.143 e. The Morgan fingerprint density at radius 2 is 2.00 bits per heavy atom. The van der Waals surface area contributed by atoms with E-state index >= 15 is 0 Å².